The van der Waals surface area contributed by atoms with Gasteiger partial charge in [0.2, 0.25) is 10.0 Å². The molecule has 2 rings (SSSR count). The van der Waals surface area contributed by atoms with E-state index in [0.29, 0.717) is 5.56 Å². The van der Waals surface area contributed by atoms with Crippen LogP contribution >= 0.6 is 0 Å². The monoisotopic (exact) mass is 387 g/mol. The Labute approximate surface area is 148 Å². The van der Waals surface area contributed by atoms with Crippen molar-refractivity contribution < 1.29 is 31.1 Å². The second-order valence-corrected chi connectivity index (χ2v) is 7.20. The van der Waals surface area contributed by atoms with E-state index in [-0.39, 0.29) is 10.5 Å². The normalized spacial score (nSPS) is 13.3. The highest BCUT2D eigenvalue weighted by Crippen LogP contribution is 2.30. The molecule has 1 atom stereocenters. The third kappa shape index (κ3) is 4.61. The van der Waals surface area contributed by atoms with E-state index in [1.54, 1.807) is 0 Å². The molecule has 0 aliphatic heterocycles. The van der Waals surface area contributed by atoms with Crippen LogP contribution in [-0.2, 0) is 20.9 Å². The number of methoxy groups -OCH3 is 1. The van der Waals surface area contributed by atoms with Gasteiger partial charge in [-0.25, -0.2) is 17.9 Å². The molecule has 0 bridgehead atoms. The minimum Gasteiger partial charge on any atom is -0.465 e. The molecular weight excluding hydrogens is 371 g/mol. The molecule has 0 saturated heterocycles. The van der Waals surface area contributed by atoms with Gasteiger partial charge in [-0.3, -0.25) is 0 Å². The molecule has 0 saturated carbocycles. The second kappa shape index (κ2) is 7.46. The van der Waals surface area contributed by atoms with E-state index in [4.69, 9.17) is 0 Å². The number of ether oxygens (including phenoxy) is 1. The molecule has 5 nitrogen and oxygen atoms in total. The van der Waals surface area contributed by atoms with Gasteiger partial charge in [-0.2, -0.15) is 13.2 Å². The highest BCUT2D eigenvalue weighted by molar-refractivity contribution is 7.89. The number of carbonyl (C=O) groups excluding carboxylic acids is 1. The third-order valence-electron chi connectivity index (χ3n) is 3.64. The first-order chi connectivity index (χ1) is 12.0. The molecule has 0 aliphatic carbocycles. The maximum atomic E-state index is 12.6. The molecule has 0 spiro atoms. The highest BCUT2D eigenvalue weighted by atomic mass is 32.2. The minimum absolute atomic E-state index is 0.0672. The van der Waals surface area contributed by atoms with E-state index < -0.39 is 33.8 Å². The van der Waals surface area contributed by atoms with Gasteiger partial charge in [0.05, 0.1) is 23.1 Å². The first-order valence-electron chi connectivity index (χ1n) is 7.42. The summed E-state index contributed by atoms with van der Waals surface area (Å²) in [5, 5.41) is 0. The van der Waals surface area contributed by atoms with Gasteiger partial charge >= 0.3 is 12.1 Å². The van der Waals surface area contributed by atoms with Crippen molar-refractivity contribution in [3.8, 4) is 0 Å². The maximum Gasteiger partial charge on any atom is 0.416 e. The summed E-state index contributed by atoms with van der Waals surface area (Å²) >= 11 is 0. The summed E-state index contributed by atoms with van der Waals surface area (Å²) in [5.41, 5.74) is -0.384. The van der Waals surface area contributed by atoms with E-state index in [2.05, 4.69) is 9.46 Å². The SMILES string of the molecule is COC(=O)c1cccc(S(=O)(=O)N[C@@H](C)c2ccc(C(F)(F)F)cc2)c1. The fourth-order valence-corrected chi connectivity index (χ4v) is 3.52. The zero-order valence-corrected chi connectivity index (χ0v) is 14.7. The lowest BCUT2D eigenvalue weighted by Crippen LogP contribution is -2.27. The van der Waals surface area contributed by atoms with Crippen molar-refractivity contribution >= 4 is 16.0 Å². The van der Waals surface area contributed by atoms with Crippen LogP contribution in [0.15, 0.2) is 53.4 Å². The Kier molecular flexibility index (Phi) is 5.72. The smallest absolute Gasteiger partial charge is 0.416 e. The lowest BCUT2D eigenvalue weighted by molar-refractivity contribution is -0.137. The zero-order chi connectivity index (χ0) is 19.5. The van der Waals surface area contributed by atoms with Crippen LogP contribution in [0.5, 0.6) is 0 Å². The summed E-state index contributed by atoms with van der Waals surface area (Å²) in [6.07, 6.45) is -4.46. The number of carbonyl (C=O) groups is 1. The van der Waals surface area contributed by atoms with Crippen LogP contribution in [0.2, 0.25) is 0 Å². The summed E-state index contributed by atoms with van der Waals surface area (Å²) in [4.78, 5) is 11.4. The summed E-state index contributed by atoms with van der Waals surface area (Å²) in [6, 6.07) is 8.68. The Morgan fingerprint density at radius 2 is 1.73 bits per heavy atom. The van der Waals surface area contributed by atoms with Crippen molar-refractivity contribution in [1.29, 1.82) is 0 Å². The fraction of sp³-hybridized carbons (Fsp3) is 0.235. The van der Waals surface area contributed by atoms with E-state index >= 15 is 0 Å². The average molecular weight is 387 g/mol. The molecule has 0 fully saturated rings. The van der Waals surface area contributed by atoms with Crippen molar-refractivity contribution in [3.05, 3.63) is 65.2 Å². The molecule has 0 heterocycles. The van der Waals surface area contributed by atoms with Crippen LogP contribution in [0.4, 0.5) is 13.2 Å². The summed E-state index contributed by atoms with van der Waals surface area (Å²) < 4.78 is 69.6. The molecule has 2 aromatic carbocycles. The van der Waals surface area contributed by atoms with Gasteiger partial charge in [-0.15, -0.1) is 0 Å². The molecule has 0 aromatic heterocycles. The second-order valence-electron chi connectivity index (χ2n) is 5.48. The number of sulfonamides is 1. The van der Waals surface area contributed by atoms with Gasteiger partial charge in [0.25, 0.3) is 0 Å². The Morgan fingerprint density at radius 3 is 2.27 bits per heavy atom. The van der Waals surface area contributed by atoms with Gasteiger partial charge in [0.1, 0.15) is 0 Å². The molecule has 140 valence electrons. The molecule has 0 unspecified atom stereocenters. The fourth-order valence-electron chi connectivity index (χ4n) is 2.24. The van der Waals surface area contributed by atoms with Crippen LogP contribution < -0.4 is 4.72 Å². The molecule has 26 heavy (non-hydrogen) atoms. The molecule has 0 radical (unpaired) electrons. The van der Waals surface area contributed by atoms with Crippen LogP contribution in [0, 0.1) is 0 Å². The Bertz CT molecular complexity index is 893. The number of benzene rings is 2. The molecule has 9 heteroatoms. The number of halogens is 3. The highest BCUT2D eigenvalue weighted by Gasteiger charge is 2.30. The van der Waals surface area contributed by atoms with Gasteiger partial charge in [0.15, 0.2) is 0 Å². The van der Waals surface area contributed by atoms with Crippen molar-refractivity contribution in [2.24, 2.45) is 0 Å². The van der Waals surface area contributed by atoms with E-state index in [1.165, 1.54) is 44.4 Å². The predicted octanol–water partition coefficient (Wildman–Crippen LogP) is 3.53. The molecule has 0 amide bonds. The summed E-state index contributed by atoms with van der Waals surface area (Å²) in [5.74, 6) is -0.683. The van der Waals surface area contributed by atoms with Crippen molar-refractivity contribution in [2.45, 2.75) is 24.0 Å². The van der Waals surface area contributed by atoms with Crippen molar-refractivity contribution in [1.82, 2.24) is 4.72 Å². The van der Waals surface area contributed by atoms with Gasteiger partial charge in [-0.1, -0.05) is 18.2 Å². The van der Waals surface area contributed by atoms with Crippen molar-refractivity contribution in [2.75, 3.05) is 7.11 Å². The lowest BCUT2D eigenvalue weighted by atomic mass is 10.1. The molecular formula is C17H16F3NO4S. The molecule has 2 aromatic rings. The first-order valence-corrected chi connectivity index (χ1v) is 8.91. The Balaban J connectivity index is 2.22. The largest absolute Gasteiger partial charge is 0.465 e. The number of esters is 1. The lowest BCUT2D eigenvalue weighted by Gasteiger charge is -2.16. The van der Waals surface area contributed by atoms with E-state index in [1.807, 2.05) is 0 Å². The van der Waals surface area contributed by atoms with Crippen LogP contribution in [0.3, 0.4) is 0 Å². The van der Waals surface area contributed by atoms with Crippen LogP contribution in [0.25, 0.3) is 0 Å². The van der Waals surface area contributed by atoms with E-state index in [9.17, 15) is 26.4 Å². The molecule has 0 aliphatic rings. The average Bonchev–Trinajstić information content (AvgIpc) is 2.60. The van der Waals surface area contributed by atoms with Gasteiger partial charge in [0, 0.05) is 6.04 Å². The van der Waals surface area contributed by atoms with E-state index in [0.717, 1.165) is 18.2 Å². The number of hydrogen-bond acceptors (Lipinski definition) is 4. The number of hydrogen-bond donors (Lipinski definition) is 1. The molecule has 1 N–H and O–H groups in total. The Morgan fingerprint density at radius 1 is 1.12 bits per heavy atom. The van der Waals surface area contributed by atoms with Gasteiger partial charge in [-0.05, 0) is 42.8 Å². The van der Waals surface area contributed by atoms with Crippen LogP contribution in [0.1, 0.15) is 34.5 Å². The summed E-state index contributed by atoms with van der Waals surface area (Å²) in [6.45, 7) is 1.50. The van der Waals surface area contributed by atoms with Gasteiger partial charge < -0.3 is 4.74 Å². The first kappa shape index (κ1) is 19.9. The zero-order valence-electron chi connectivity index (χ0n) is 13.9. The van der Waals surface area contributed by atoms with Crippen LogP contribution in [-0.4, -0.2) is 21.5 Å². The third-order valence-corrected chi connectivity index (χ3v) is 5.17. The standard InChI is InChI=1S/C17H16F3NO4S/c1-11(12-6-8-14(9-7-12)17(18,19)20)21-26(23,24)15-5-3-4-13(10-15)16(22)25-2/h3-11,21H,1-2H3/t11-/m0/s1. The maximum absolute atomic E-state index is 12.6. The minimum atomic E-state index is -4.46. The number of nitrogens with one attached hydrogen (secondary N) is 1. The van der Waals surface area contributed by atoms with Crippen molar-refractivity contribution in [3.63, 3.8) is 0 Å². The predicted molar refractivity (Wildman–Crippen MR) is 88.0 cm³/mol. The Hall–Kier alpha value is -2.39. The number of alkyl halides is 3. The summed E-state index contributed by atoms with van der Waals surface area (Å²) in [7, 11) is -2.82. The quantitative estimate of drug-likeness (QED) is 0.797. The topological polar surface area (TPSA) is 72.5 Å². The number of rotatable bonds is 5.